The van der Waals surface area contributed by atoms with E-state index >= 15 is 0 Å². The van der Waals surface area contributed by atoms with Gasteiger partial charge in [-0.3, -0.25) is 4.79 Å². The fourth-order valence-corrected chi connectivity index (χ4v) is 3.09. The Morgan fingerprint density at radius 3 is 2.18 bits per heavy atom. The van der Waals surface area contributed by atoms with Gasteiger partial charge in [-0.05, 0) is 47.5 Å². The van der Waals surface area contributed by atoms with Crippen LogP contribution in [0.5, 0.6) is 23.0 Å². The molecule has 0 aliphatic carbocycles. The number of hydrogen-bond acceptors (Lipinski definition) is 6. The van der Waals surface area contributed by atoms with Crippen molar-refractivity contribution in [2.75, 3.05) is 34.5 Å². The smallest absolute Gasteiger partial charge is 0.185 e. The zero-order valence-corrected chi connectivity index (χ0v) is 19.1. The highest BCUT2D eigenvalue weighted by Gasteiger charge is 2.10. The summed E-state index contributed by atoms with van der Waals surface area (Å²) >= 11 is 0. The molecule has 0 heterocycles. The summed E-state index contributed by atoms with van der Waals surface area (Å²) in [5, 5.41) is 0. The predicted molar refractivity (Wildman–Crippen MR) is 127 cm³/mol. The van der Waals surface area contributed by atoms with Crippen LogP contribution in [0.25, 0.3) is 6.08 Å². The number of hydrogen-bond donors (Lipinski definition) is 0. The first-order valence-corrected chi connectivity index (χ1v) is 10.5. The van der Waals surface area contributed by atoms with Gasteiger partial charge in [0.1, 0.15) is 13.2 Å². The van der Waals surface area contributed by atoms with Crippen LogP contribution in [0.1, 0.15) is 21.5 Å². The summed E-state index contributed by atoms with van der Waals surface area (Å²) in [4.78, 5) is 12.7. The van der Waals surface area contributed by atoms with E-state index < -0.39 is 0 Å². The molecule has 0 saturated heterocycles. The summed E-state index contributed by atoms with van der Waals surface area (Å²) < 4.78 is 27.3. The number of methoxy groups -OCH3 is 3. The first-order chi connectivity index (χ1) is 16.1. The predicted octanol–water partition coefficient (Wildman–Crippen LogP) is 5.20. The third kappa shape index (κ3) is 6.85. The second kappa shape index (κ2) is 12.3. The molecule has 3 rings (SSSR count). The highest BCUT2D eigenvalue weighted by molar-refractivity contribution is 6.07. The van der Waals surface area contributed by atoms with Crippen LogP contribution in [-0.4, -0.2) is 40.3 Å². The standard InChI is InChI=1S/C27H28O6/c1-29-15-16-32-24-14-11-22(18-27(24)31-3)23(28)12-9-20-10-13-25(26(17-20)30-2)33-19-21-7-5-4-6-8-21/h4-14,17-18H,15-16,19H2,1-3H3/b12-9+. The molecule has 3 aromatic rings. The molecule has 33 heavy (non-hydrogen) atoms. The average molecular weight is 449 g/mol. The molecule has 0 N–H and O–H groups in total. The molecule has 0 amide bonds. The third-order valence-corrected chi connectivity index (χ3v) is 4.85. The van der Waals surface area contributed by atoms with Crippen molar-refractivity contribution in [3.8, 4) is 23.0 Å². The van der Waals surface area contributed by atoms with E-state index in [1.807, 2.05) is 48.5 Å². The van der Waals surface area contributed by atoms with Gasteiger partial charge in [0, 0.05) is 12.7 Å². The molecule has 0 bridgehead atoms. The third-order valence-electron chi connectivity index (χ3n) is 4.85. The molecule has 6 nitrogen and oxygen atoms in total. The zero-order valence-electron chi connectivity index (χ0n) is 19.1. The van der Waals surface area contributed by atoms with E-state index in [0.29, 0.717) is 48.4 Å². The highest BCUT2D eigenvalue weighted by atomic mass is 16.5. The van der Waals surface area contributed by atoms with Gasteiger partial charge in [-0.25, -0.2) is 0 Å². The molecular formula is C27H28O6. The lowest BCUT2D eigenvalue weighted by Crippen LogP contribution is -2.06. The maximum atomic E-state index is 12.7. The van der Waals surface area contributed by atoms with Crippen LogP contribution in [0.4, 0.5) is 0 Å². The van der Waals surface area contributed by atoms with Crippen molar-refractivity contribution >= 4 is 11.9 Å². The molecule has 0 atom stereocenters. The summed E-state index contributed by atoms with van der Waals surface area (Å²) in [7, 11) is 4.73. The Balaban J connectivity index is 1.67. The number of ketones is 1. The molecule has 3 aromatic carbocycles. The minimum absolute atomic E-state index is 0.153. The maximum absolute atomic E-state index is 12.7. The number of rotatable bonds is 12. The maximum Gasteiger partial charge on any atom is 0.185 e. The number of carbonyl (C=O) groups is 1. The summed E-state index contributed by atoms with van der Waals surface area (Å²) in [6.07, 6.45) is 3.25. The Kier molecular flexibility index (Phi) is 8.91. The minimum atomic E-state index is -0.153. The van der Waals surface area contributed by atoms with Gasteiger partial charge in [0.25, 0.3) is 0 Å². The molecule has 0 unspecified atom stereocenters. The van der Waals surface area contributed by atoms with Gasteiger partial charge in [0.05, 0.1) is 20.8 Å². The van der Waals surface area contributed by atoms with Crippen LogP contribution in [0.2, 0.25) is 0 Å². The molecule has 0 spiro atoms. The monoisotopic (exact) mass is 448 g/mol. The van der Waals surface area contributed by atoms with Crippen molar-refractivity contribution in [2.24, 2.45) is 0 Å². The van der Waals surface area contributed by atoms with Gasteiger partial charge in [0.2, 0.25) is 0 Å². The van der Waals surface area contributed by atoms with E-state index in [-0.39, 0.29) is 5.78 Å². The summed E-state index contributed by atoms with van der Waals surface area (Å²) in [5.74, 6) is 2.14. The Hall–Kier alpha value is -3.77. The van der Waals surface area contributed by atoms with E-state index in [9.17, 15) is 4.79 Å². The van der Waals surface area contributed by atoms with E-state index in [4.69, 9.17) is 23.7 Å². The first kappa shape index (κ1) is 23.9. The zero-order chi connectivity index (χ0) is 23.5. The molecule has 172 valence electrons. The van der Waals surface area contributed by atoms with Crippen LogP contribution in [0.15, 0.2) is 72.8 Å². The molecule has 0 saturated carbocycles. The highest BCUT2D eigenvalue weighted by Crippen LogP contribution is 2.30. The Bertz CT molecular complexity index is 1080. The van der Waals surface area contributed by atoms with Crippen LogP contribution >= 0.6 is 0 Å². The van der Waals surface area contributed by atoms with Crippen LogP contribution in [-0.2, 0) is 11.3 Å². The van der Waals surface area contributed by atoms with Crippen LogP contribution < -0.4 is 18.9 Å². The van der Waals surface area contributed by atoms with E-state index in [2.05, 4.69) is 0 Å². The molecule has 0 aliphatic heterocycles. The average Bonchev–Trinajstić information content (AvgIpc) is 2.87. The van der Waals surface area contributed by atoms with Crippen molar-refractivity contribution < 1.29 is 28.5 Å². The van der Waals surface area contributed by atoms with Crippen molar-refractivity contribution in [2.45, 2.75) is 6.61 Å². The lowest BCUT2D eigenvalue weighted by Gasteiger charge is -2.12. The van der Waals surface area contributed by atoms with E-state index in [0.717, 1.165) is 11.1 Å². The van der Waals surface area contributed by atoms with Crippen molar-refractivity contribution in [1.82, 2.24) is 0 Å². The summed E-state index contributed by atoms with van der Waals surface area (Å²) in [6.45, 7) is 1.30. The van der Waals surface area contributed by atoms with Gasteiger partial charge in [-0.2, -0.15) is 0 Å². The van der Waals surface area contributed by atoms with Gasteiger partial charge in [-0.15, -0.1) is 0 Å². The summed E-state index contributed by atoms with van der Waals surface area (Å²) in [5.41, 5.74) is 2.38. The van der Waals surface area contributed by atoms with Gasteiger partial charge in [-0.1, -0.05) is 42.5 Å². The first-order valence-electron chi connectivity index (χ1n) is 10.5. The van der Waals surface area contributed by atoms with E-state index in [1.165, 1.54) is 13.2 Å². The van der Waals surface area contributed by atoms with Crippen molar-refractivity contribution in [1.29, 1.82) is 0 Å². The van der Waals surface area contributed by atoms with Crippen molar-refractivity contribution in [3.05, 3.63) is 89.5 Å². The fourth-order valence-electron chi connectivity index (χ4n) is 3.09. The lowest BCUT2D eigenvalue weighted by molar-refractivity contribution is 0.104. The summed E-state index contributed by atoms with van der Waals surface area (Å²) in [6, 6.07) is 20.5. The topological polar surface area (TPSA) is 63.2 Å². The number of benzene rings is 3. The largest absolute Gasteiger partial charge is 0.493 e. The lowest BCUT2D eigenvalue weighted by atomic mass is 10.1. The molecule has 6 heteroatoms. The van der Waals surface area contributed by atoms with Gasteiger partial charge < -0.3 is 23.7 Å². The second-order valence-electron chi connectivity index (χ2n) is 7.09. The Labute approximate surface area is 194 Å². The fraction of sp³-hybridized carbons (Fsp3) is 0.222. The molecule has 0 aliphatic rings. The second-order valence-corrected chi connectivity index (χ2v) is 7.09. The van der Waals surface area contributed by atoms with Gasteiger partial charge in [0.15, 0.2) is 28.8 Å². The SMILES string of the molecule is COCCOc1ccc(C(=O)/C=C/c2ccc(OCc3ccccc3)c(OC)c2)cc1OC. The van der Waals surface area contributed by atoms with E-state index in [1.54, 1.807) is 38.5 Å². The normalized spacial score (nSPS) is 10.8. The number of carbonyl (C=O) groups excluding carboxylic acids is 1. The molecule has 0 aromatic heterocycles. The molecule has 0 radical (unpaired) electrons. The number of ether oxygens (including phenoxy) is 5. The quantitative estimate of drug-likeness (QED) is 0.215. The molecule has 0 fully saturated rings. The Morgan fingerprint density at radius 1 is 0.758 bits per heavy atom. The van der Waals surface area contributed by atoms with Crippen LogP contribution in [0, 0.1) is 0 Å². The number of allylic oxidation sites excluding steroid dienone is 1. The Morgan fingerprint density at radius 2 is 1.45 bits per heavy atom. The van der Waals surface area contributed by atoms with Crippen molar-refractivity contribution in [3.63, 3.8) is 0 Å². The molecular weight excluding hydrogens is 420 g/mol. The van der Waals surface area contributed by atoms with Crippen LogP contribution in [0.3, 0.4) is 0 Å². The van der Waals surface area contributed by atoms with Gasteiger partial charge >= 0.3 is 0 Å². The minimum Gasteiger partial charge on any atom is -0.493 e.